The Morgan fingerprint density at radius 3 is 2.83 bits per heavy atom. The minimum Gasteiger partial charge on any atom is -0.466 e. The highest BCUT2D eigenvalue weighted by Gasteiger charge is 2.00. The molecule has 0 aromatic rings. The summed E-state index contributed by atoms with van der Waals surface area (Å²) in [4.78, 5) is 10.9. The number of esters is 1. The monoisotopic (exact) mass is 234 g/mol. The fraction of sp³-hybridized carbons (Fsp3) is 0.667. The van der Waals surface area contributed by atoms with Crippen molar-refractivity contribution in [3.63, 3.8) is 0 Å². The van der Waals surface area contributed by atoms with Gasteiger partial charge in [0.1, 0.15) is 0 Å². The van der Waals surface area contributed by atoms with Gasteiger partial charge in [-0.05, 0) is 19.3 Å². The smallest absolute Gasteiger partial charge is 0.305 e. The zero-order valence-corrected chi connectivity index (χ0v) is 8.81. The summed E-state index contributed by atoms with van der Waals surface area (Å²) in [7, 11) is 0. The van der Waals surface area contributed by atoms with Crippen LogP contribution < -0.4 is 0 Å². The van der Waals surface area contributed by atoms with Crippen LogP contribution in [0, 0.1) is 0 Å². The van der Waals surface area contributed by atoms with E-state index in [1.807, 2.05) is 6.08 Å². The van der Waals surface area contributed by atoms with Crippen LogP contribution in [0.3, 0.4) is 0 Å². The Bertz CT molecular complexity index is 134. The van der Waals surface area contributed by atoms with Crippen LogP contribution in [0.5, 0.6) is 0 Å². The van der Waals surface area contributed by atoms with Gasteiger partial charge >= 0.3 is 5.97 Å². The van der Waals surface area contributed by atoms with Gasteiger partial charge in [0.25, 0.3) is 0 Å². The van der Waals surface area contributed by atoms with Crippen molar-refractivity contribution in [2.24, 2.45) is 0 Å². The number of hydrogen-bond donors (Lipinski definition) is 0. The maximum absolute atomic E-state index is 10.9. The minimum atomic E-state index is -0.0986. The molecule has 0 rings (SSSR count). The summed E-state index contributed by atoms with van der Waals surface area (Å²) >= 11 is 3.25. The summed E-state index contributed by atoms with van der Waals surface area (Å²) < 4.78 is 4.94. The fourth-order valence-corrected chi connectivity index (χ4v) is 0.977. The van der Waals surface area contributed by atoms with Crippen LogP contribution in [0.1, 0.15) is 25.7 Å². The summed E-state index contributed by atoms with van der Waals surface area (Å²) in [6, 6.07) is 0. The Hall–Kier alpha value is -0.310. The topological polar surface area (TPSA) is 26.3 Å². The molecule has 0 saturated heterocycles. The highest BCUT2D eigenvalue weighted by molar-refractivity contribution is 9.09. The Morgan fingerprint density at radius 1 is 1.50 bits per heavy atom. The second-order valence-electron chi connectivity index (χ2n) is 2.44. The molecule has 0 unspecified atom stereocenters. The van der Waals surface area contributed by atoms with E-state index in [0.717, 1.165) is 24.6 Å². The van der Waals surface area contributed by atoms with Gasteiger partial charge in [-0.25, -0.2) is 0 Å². The van der Waals surface area contributed by atoms with Crippen LogP contribution in [0.2, 0.25) is 0 Å². The molecule has 0 saturated carbocycles. The second-order valence-corrected chi connectivity index (χ2v) is 3.24. The molecule has 0 aromatic heterocycles. The van der Waals surface area contributed by atoms with Crippen molar-refractivity contribution in [1.82, 2.24) is 0 Å². The van der Waals surface area contributed by atoms with Crippen LogP contribution in [0.15, 0.2) is 12.7 Å². The van der Waals surface area contributed by atoms with E-state index in [1.54, 1.807) is 0 Å². The fourth-order valence-electron chi connectivity index (χ4n) is 0.697. The van der Waals surface area contributed by atoms with Crippen LogP contribution in [0.25, 0.3) is 0 Å². The van der Waals surface area contributed by atoms with Gasteiger partial charge in [0.15, 0.2) is 0 Å². The minimum absolute atomic E-state index is 0.0986. The van der Waals surface area contributed by atoms with Crippen molar-refractivity contribution >= 4 is 21.9 Å². The molecule has 0 aliphatic rings. The van der Waals surface area contributed by atoms with Crippen LogP contribution in [-0.2, 0) is 9.53 Å². The molecule has 0 fully saturated rings. The first kappa shape index (κ1) is 11.7. The van der Waals surface area contributed by atoms with Crippen LogP contribution >= 0.6 is 15.9 Å². The third-order valence-electron chi connectivity index (χ3n) is 1.33. The Morgan fingerprint density at radius 2 is 2.25 bits per heavy atom. The number of alkyl halides is 1. The largest absolute Gasteiger partial charge is 0.466 e. The van der Waals surface area contributed by atoms with E-state index in [0.29, 0.717) is 13.0 Å². The summed E-state index contributed by atoms with van der Waals surface area (Å²) in [6.07, 6.45) is 4.97. The second kappa shape index (κ2) is 8.78. The number of rotatable bonds is 7. The number of hydrogen-bond acceptors (Lipinski definition) is 2. The molecular formula is C9H15BrO2. The lowest BCUT2D eigenvalue weighted by molar-refractivity contribution is -0.143. The first-order valence-corrected chi connectivity index (χ1v) is 5.26. The zero-order valence-electron chi connectivity index (χ0n) is 7.22. The molecule has 0 aromatic carbocycles. The van der Waals surface area contributed by atoms with Gasteiger partial charge in [0.05, 0.1) is 6.61 Å². The zero-order chi connectivity index (χ0) is 9.23. The van der Waals surface area contributed by atoms with E-state index >= 15 is 0 Å². The van der Waals surface area contributed by atoms with Gasteiger partial charge in [-0.15, -0.1) is 6.58 Å². The molecule has 0 spiro atoms. The third-order valence-corrected chi connectivity index (χ3v) is 1.89. The van der Waals surface area contributed by atoms with Crippen molar-refractivity contribution < 1.29 is 9.53 Å². The molecule has 0 amide bonds. The van der Waals surface area contributed by atoms with Crippen molar-refractivity contribution in [2.75, 3.05) is 11.9 Å². The van der Waals surface area contributed by atoms with Gasteiger partial charge in [-0.1, -0.05) is 22.0 Å². The molecule has 0 N–H and O–H groups in total. The standard InChI is InChI=1S/C9H15BrO2/c1-2-3-4-8-12-9(11)6-5-7-10/h2H,1,3-8H2. The van der Waals surface area contributed by atoms with Gasteiger partial charge in [0, 0.05) is 11.8 Å². The number of allylic oxidation sites excluding steroid dienone is 1. The molecule has 0 aliphatic carbocycles. The number of halogens is 1. The Kier molecular flexibility index (Phi) is 8.56. The predicted octanol–water partition coefficient (Wildman–Crippen LogP) is 2.67. The van der Waals surface area contributed by atoms with E-state index in [9.17, 15) is 4.79 Å². The van der Waals surface area contributed by atoms with E-state index in [2.05, 4.69) is 22.5 Å². The van der Waals surface area contributed by atoms with E-state index < -0.39 is 0 Å². The average Bonchev–Trinajstić information content (AvgIpc) is 2.09. The summed E-state index contributed by atoms with van der Waals surface area (Å²) in [6.45, 7) is 4.10. The van der Waals surface area contributed by atoms with Gasteiger partial charge in [-0.2, -0.15) is 0 Å². The third kappa shape index (κ3) is 7.79. The van der Waals surface area contributed by atoms with Crippen molar-refractivity contribution in [3.8, 4) is 0 Å². The molecule has 0 atom stereocenters. The summed E-state index contributed by atoms with van der Waals surface area (Å²) in [5.41, 5.74) is 0. The highest BCUT2D eigenvalue weighted by atomic mass is 79.9. The number of ether oxygens (including phenoxy) is 1. The molecule has 70 valence electrons. The number of carbonyl (C=O) groups is 1. The first-order valence-electron chi connectivity index (χ1n) is 4.13. The van der Waals surface area contributed by atoms with Gasteiger partial charge < -0.3 is 4.74 Å². The number of unbranched alkanes of at least 4 members (excludes halogenated alkanes) is 1. The quantitative estimate of drug-likeness (QED) is 0.293. The molecule has 0 heterocycles. The van der Waals surface area contributed by atoms with E-state index in [1.165, 1.54) is 0 Å². The summed E-state index contributed by atoms with van der Waals surface area (Å²) in [5, 5.41) is 0.856. The molecule has 12 heavy (non-hydrogen) atoms. The maximum Gasteiger partial charge on any atom is 0.305 e. The molecule has 0 bridgehead atoms. The Balaban J connectivity index is 3.13. The van der Waals surface area contributed by atoms with E-state index in [-0.39, 0.29) is 5.97 Å². The lowest BCUT2D eigenvalue weighted by atomic mass is 10.3. The van der Waals surface area contributed by atoms with Crippen molar-refractivity contribution in [1.29, 1.82) is 0 Å². The molecular weight excluding hydrogens is 220 g/mol. The van der Waals surface area contributed by atoms with Crippen LogP contribution in [0.4, 0.5) is 0 Å². The molecule has 3 heteroatoms. The number of carbonyl (C=O) groups excluding carboxylic acids is 1. The molecule has 0 radical (unpaired) electrons. The molecule has 2 nitrogen and oxygen atoms in total. The average molecular weight is 235 g/mol. The lowest BCUT2D eigenvalue weighted by Gasteiger charge is -2.01. The lowest BCUT2D eigenvalue weighted by Crippen LogP contribution is -2.05. The van der Waals surface area contributed by atoms with Crippen molar-refractivity contribution in [2.45, 2.75) is 25.7 Å². The van der Waals surface area contributed by atoms with Crippen LogP contribution in [-0.4, -0.2) is 17.9 Å². The van der Waals surface area contributed by atoms with E-state index in [4.69, 9.17) is 4.74 Å². The van der Waals surface area contributed by atoms with Gasteiger partial charge in [0.2, 0.25) is 0 Å². The maximum atomic E-state index is 10.9. The molecule has 0 aliphatic heterocycles. The van der Waals surface area contributed by atoms with Crippen molar-refractivity contribution in [3.05, 3.63) is 12.7 Å². The highest BCUT2D eigenvalue weighted by Crippen LogP contribution is 1.98. The normalized spacial score (nSPS) is 9.42. The predicted molar refractivity (Wildman–Crippen MR) is 53.4 cm³/mol. The Labute approximate surface area is 82.1 Å². The van der Waals surface area contributed by atoms with Gasteiger partial charge in [-0.3, -0.25) is 4.79 Å². The SMILES string of the molecule is C=CCCCOC(=O)CCCBr. The summed E-state index contributed by atoms with van der Waals surface area (Å²) in [5.74, 6) is -0.0986. The first-order chi connectivity index (χ1) is 5.81.